The minimum atomic E-state index is 0.536. The van der Waals surface area contributed by atoms with Crippen molar-refractivity contribution in [3.05, 3.63) is 34.3 Å². The highest BCUT2D eigenvalue weighted by molar-refractivity contribution is 7.11. The van der Waals surface area contributed by atoms with Gasteiger partial charge in [-0.15, -0.1) is 16.4 Å². The van der Waals surface area contributed by atoms with Crippen molar-refractivity contribution in [1.82, 2.24) is 19.9 Å². The molecule has 0 spiro atoms. The lowest BCUT2D eigenvalue weighted by Crippen LogP contribution is -2.34. The van der Waals surface area contributed by atoms with Crippen molar-refractivity contribution >= 4 is 11.3 Å². The van der Waals surface area contributed by atoms with Gasteiger partial charge in [0, 0.05) is 35.6 Å². The van der Waals surface area contributed by atoms with Gasteiger partial charge >= 0.3 is 0 Å². The van der Waals surface area contributed by atoms with Crippen LogP contribution in [0.5, 0.6) is 0 Å². The van der Waals surface area contributed by atoms with Crippen molar-refractivity contribution < 1.29 is 0 Å². The summed E-state index contributed by atoms with van der Waals surface area (Å²) < 4.78 is 2.01. The second-order valence-corrected chi connectivity index (χ2v) is 6.28. The maximum absolute atomic E-state index is 4.10. The van der Waals surface area contributed by atoms with Crippen molar-refractivity contribution in [2.24, 2.45) is 0 Å². The monoisotopic (exact) mass is 262 g/mol. The molecule has 96 valence electrons. The first-order chi connectivity index (χ1) is 8.81. The third kappa shape index (κ3) is 2.62. The van der Waals surface area contributed by atoms with Crippen molar-refractivity contribution in [3.8, 4) is 0 Å². The van der Waals surface area contributed by atoms with Crippen molar-refractivity contribution in [1.29, 1.82) is 0 Å². The third-order valence-electron chi connectivity index (χ3n) is 3.55. The normalized spacial score (nSPS) is 18.3. The van der Waals surface area contributed by atoms with E-state index in [-0.39, 0.29) is 0 Å². The summed E-state index contributed by atoms with van der Waals surface area (Å²) in [6, 6.07) is 5.00. The molecule has 0 saturated carbocycles. The van der Waals surface area contributed by atoms with E-state index in [1.165, 1.54) is 22.6 Å². The molecule has 0 unspecified atom stereocenters. The first-order valence-corrected chi connectivity index (χ1v) is 7.26. The highest BCUT2D eigenvalue weighted by Crippen LogP contribution is 2.24. The van der Waals surface area contributed by atoms with Gasteiger partial charge in [-0.1, -0.05) is 5.21 Å². The zero-order valence-corrected chi connectivity index (χ0v) is 11.4. The van der Waals surface area contributed by atoms with Crippen LogP contribution in [0.4, 0.5) is 0 Å². The minimum absolute atomic E-state index is 0.536. The standard InChI is InChI=1S/C13H18N4S/c1-11-2-3-13(18-11)10-16-7-4-12(5-8-16)17-9-6-14-15-17/h2-3,6,9,12H,4-5,7-8,10H2,1H3. The molecular formula is C13H18N4S. The van der Waals surface area contributed by atoms with E-state index < -0.39 is 0 Å². The molecule has 1 aliphatic heterocycles. The summed E-state index contributed by atoms with van der Waals surface area (Å²) in [6.07, 6.45) is 6.09. The van der Waals surface area contributed by atoms with Crippen LogP contribution in [0.1, 0.15) is 28.6 Å². The lowest BCUT2D eigenvalue weighted by atomic mass is 10.1. The molecule has 0 atom stereocenters. The Hall–Kier alpha value is -1.20. The number of thiophene rings is 1. The van der Waals surface area contributed by atoms with E-state index in [4.69, 9.17) is 0 Å². The van der Waals surface area contributed by atoms with Crippen molar-refractivity contribution in [2.75, 3.05) is 13.1 Å². The fraction of sp³-hybridized carbons (Fsp3) is 0.538. The minimum Gasteiger partial charge on any atom is -0.298 e. The second-order valence-electron chi connectivity index (χ2n) is 4.90. The second kappa shape index (κ2) is 5.20. The summed E-state index contributed by atoms with van der Waals surface area (Å²) in [7, 11) is 0. The molecule has 0 amide bonds. The van der Waals surface area contributed by atoms with Gasteiger partial charge in [-0.05, 0) is 31.9 Å². The highest BCUT2D eigenvalue weighted by Gasteiger charge is 2.21. The number of rotatable bonds is 3. The van der Waals surface area contributed by atoms with Crippen LogP contribution in [0.3, 0.4) is 0 Å². The lowest BCUT2D eigenvalue weighted by molar-refractivity contribution is 0.173. The average molecular weight is 262 g/mol. The molecule has 0 aromatic carbocycles. The number of likely N-dealkylation sites (tertiary alicyclic amines) is 1. The maximum atomic E-state index is 4.10. The summed E-state index contributed by atoms with van der Waals surface area (Å²) >= 11 is 1.91. The summed E-state index contributed by atoms with van der Waals surface area (Å²) in [4.78, 5) is 5.42. The first-order valence-electron chi connectivity index (χ1n) is 6.45. The third-order valence-corrected chi connectivity index (χ3v) is 4.53. The van der Waals surface area contributed by atoms with Gasteiger partial charge in [0.15, 0.2) is 0 Å². The Morgan fingerprint density at radius 1 is 1.33 bits per heavy atom. The molecule has 1 fully saturated rings. The van der Waals surface area contributed by atoms with E-state index in [2.05, 4.69) is 34.3 Å². The number of aromatic nitrogens is 3. The Morgan fingerprint density at radius 2 is 2.17 bits per heavy atom. The van der Waals surface area contributed by atoms with Crippen LogP contribution in [0, 0.1) is 6.92 Å². The summed E-state index contributed by atoms with van der Waals surface area (Å²) in [5.74, 6) is 0. The molecule has 3 heterocycles. The SMILES string of the molecule is Cc1ccc(CN2CCC(n3ccnn3)CC2)s1. The fourth-order valence-corrected chi connectivity index (χ4v) is 3.48. The molecular weight excluding hydrogens is 244 g/mol. The molecule has 2 aromatic rings. The van der Waals surface area contributed by atoms with Gasteiger partial charge in [-0.2, -0.15) is 0 Å². The molecule has 2 aromatic heterocycles. The average Bonchev–Trinajstić information content (AvgIpc) is 3.02. The van der Waals surface area contributed by atoms with E-state index in [1.54, 1.807) is 6.20 Å². The Morgan fingerprint density at radius 3 is 2.78 bits per heavy atom. The van der Waals surface area contributed by atoms with Crippen molar-refractivity contribution in [2.45, 2.75) is 32.4 Å². The largest absolute Gasteiger partial charge is 0.298 e. The van der Waals surface area contributed by atoms with Gasteiger partial charge in [0.1, 0.15) is 0 Å². The van der Waals surface area contributed by atoms with E-state index in [1.807, 2.05) is 22.2 Å². The van der Waals surface area contributed by atoms with Gasteiger partial charge in [0.25, 0.3) is 0 Å². The fourth-order valence-electron chi connectivity index (χ4n) is 2.54. The zero-order valence-electron chi connectivity index (χ0n) is 10.6. The first kappa shape index (κ1) is 11.9. The van der Waals surface area contributed by atoms with E-state index >= 15 is 0 Å². The summed E-state index contributed by atoms with van der Waals surface area (Å²) in [5.41, 5.74) is 0. The van der Waals surface area contributed by atoms with Crippen LogP contribution in [-0.2, 0) is 6.54 Å². The Labute approximate surface area is 111 Å². The van der Waals surface area contributed by atoms with Crippen LogP contribution in [0.2, 0.25) is 0 Å². The summed E-state index contributed by atoms with van der Waals surface area (Å²) in [5, 5.41) is 7.99. The van der Waals surface area contributed by atoms with Crippen LogP contribution in [-0.4, -0.2) is 33.0 Å². The van der Waals surface area contributed by atoms with E-state index in [0.717, 1.165) is 19.6 Å². The van der Waals surface area contributed by atoms with Gasteiger partial charge in [0.05, 0.1) is 12.2 Å². The molecule has 4 nitrogen and oxygen atoms in total. The molecule has 1 saturated heterocycles. The lowest BCUT2D eigenvalue weighted by Gasteiger charge is -2.31. The predicted molar refractivity (Wildman–Crippen MR) is 72.6 cm³/mol. The Kier molecular flexibility index (Phi) is 3.43. The number of hydrogen-bond acceptors (Lipinski definition) is 4. The van der Waals surface area contributed by atoms with E-state index in [9.17, 15) is 0 Å². The molecule has 18 heavy (non-hydrogen) atoms. The number of aryl methyl sites for hydroxylation is 1. The van der Waals surface area contributed by atoms with Crippen LogP contribution >= 0.6 is 11.3 Å². The van der Waals surface area contributed by atoms with Gasteiger partial charge < -0.3 is 0 Å². The van der Waals surface area contributed by atoms with Gasteiger partial charge in [0.2, 0.25) is 0 Å². The molecule has 3 rings (SSSR count). The molecule has 0 aliphatic carbocycles. The van der Waals surface area contributed by atoms with Gasteiger partial charge in [-0.3, -0.25) is 4.90 Å². The topological polar surface area (TPSA) is 34.0 Å². The molecule has 5 heteroatoms. The number of nitrogens with zero attached hydrogens (tertiary/aromatic N) is 4. The van der Waals surface area contributed by atoms with E-state index in [0.29, 0.717) is 6.04 Å². The van der Waals surface area contributed by atoms with Crippen LogP contribution in [0.15, 0.2) is 24.5 Å². The maximum Gasteiger partial charge on any atom is 0.0693 e. The van der Waals surface area contributed by atoms with Crippen molar-refractivity contribution in [3.63, 3.8) is 0 Å². The smallest absolute Gasteiger partial charge is 0.0693 e. The zero-order chi connectivity index (χ0) is 12.4. The number of hydrogen-bond donors (Lipinski definition) is 0. The number of piperidine rings is 1. The predicted octanol–water partition coefficient (Wildman–Crippen LogP) is 2.49. The molecule has 0 bridgehead atoms. The Bertz CT molecular complexity index is 483. The molecule has 0 N–H and O–H groups in total. The van der Waals surface area contributed by atoms with Gasteiger partial charge in [-0.25, -0.2) is 4.68 Å². The molecule has 1 aliphatic rings. The van der Waals surface area contributed by atoms with Crippen LogP contribution in [0.25, 0.3) is 0 Å². The summed E-state index contributed by atoms with van der Waals surface area (Å²) in [6.45, 7) is 5.58. The quantitative estimate of drug-likeness (QED) is 0.852. The molecule has 0 radical (unpaired) electrons. The highest BCUT2D eigenvalue weighted by atomic mass is 32.1. The van der Waals surface area contributed by atoms with Crippen LogP contribution < -0.4 is 0 Å². The Balaban J connectivity index is 1.54.